The van der Waals surface area contributed by atoms with Crippen molar-refractivity contribution in [3.05, 3.63) is 57.1 Å². The molecule has 1 heterocycles. The monoisotopic (exact) mass is 438 g/mol. The summed E-state index contributed by atoms with van der Waals surface area (Å²) in [4.78, 5) is 14.1. The first kappa shape index (κ1) is 23.9. The summed E-state index contributed by atoms with van der Waals surface area (Å²) in [5.74, 6) is 3.57. The van der Waals surface area contributed by atoms with E-state index in [4.69, 9.17) is 14.7 Å². The Morgan fingerprint density at radius 2 is 1.90 bits per heavy atom. The number of aryl methyl sites for hydroxylation is 1. The van der Waals surface area contributed by atoms with E-state index in [9.17, 15) is 18.5 Å². The summed E-state index contributed by atoms with van der Waals surface area (Å²) in [7, 11) is -4.16. The quantitative estimate of drug-likeness (QED) is 0.351. The normalized spacial score (nSPS) is 10.1. The molecule has 29 heavy (non-hydrogen) atoms. The summed E-state index contributed by atoms with van der Waals surface area (Å²) in [6, 6.07) is 9.81. The Labute approximate surface area is 171 Å². The highest BCUT2D eigenvalue weighted by Gasteiger charge is 2.22. The standard InChI is InChI=1S/C15H9N3O5S2.C2H6.H3NO/c1-9-6-10(18(19)20)2-5-14(9)25(21,22)23-11-3-4-12-13(7-11)24-15(8-16)17-12;2*1-2/h2-7H,1H3;1-2H3;2H,1H2. The lowest BCUT2D eigenvalue weighted by atomic mass is 10.2. The zero-order chi connectivity index (χ0) is 22.2. The number of aromatic nitrogens is 1. The van der Waals surface area contributed by atoms with E-state index in [-0.39, 0.29) is 26.9 Å². The Morgan fingerprint density at radius 3 is 2.45 bits per heavy atom. The molecule has 0 bridgehead atoms. The molecule has 0 radical (unpaired) electrons. The van der Waals surface area contributed by atoms with Crippen LogP contribution in [0.3, 0.4) is 0 Å². The Kier molecular flexibility index (Phi) is 8.61. The smallest absolute Gasteiger partial charge is 0.339 e. The highest BCUT2D eigenvalue weighted by atomic mass is 32.2. The predicted molar refractivity (Wildman–Crippen MR) is 107 cm³/mol. The maximum absolute atomic E-state index is 12.4. The highest BCUT2D eigenvalue weighted by molar-refractivity contribution is 7.87. The Morgan fingerprint density at radius 1 is 1.24 bits per heavy atom. The first-order valence-electron chi connectivity index (χ1n) is 8.06. The van der Waals surface area contributed by atoms with Crippen LogP contribution < -0.4 is 10.1 Å². The first-order chi connectivity index (χ1) is 13.8. The van der Waals surface area contributed by atoms with Gasteiger partial charge >= 0.3 is 10.1 Å². The second-order valence-electron chi connectivity index (χ2n) is 5.00. The van der Waals surface area contributed by atoms with E-state index in [1.54, 1.807) is 6.07 Å². The molecule has 0 atom stereocenters. The van der Waals surface area contributed by atoms with Gasteiger partial charge in [-0.05, 0) is 30.7 Å². The molecule has 1 aromatic heterocycles. The Hall–Kier alpha value is -3.11. The summed E-state index contributed by atoms with van der Waals surface area (Å²) >= 11 is 1.12. The number of hydrogen-bond acceptors (Lipinski definition) is 10. The second kappa shape index (κ2) is 10.4. The predicted octanol–water partition coefficient (Wildman–Crippen LogP) is 3.51. The molecule has 0 saturated carbocycles. The molecule has 0 amide bonds. The minimum absolute atomic E-state index is 0.0680. The van der Waals surface area contributed by atoms with Crippen molar-refractivity contribution in [2.45, 2.75) is 25.7 Å². The van der Waals surface area contributed by atoms with Crippen LogP contribution in [0, 0.1) is 28.4 Å². The number of nitriles is 1. The third-order valence-electron chi connectivity index (χ3n) is 3.30. The lowest BCUT2D eigenvalue weighted by molar-refractivity contribution is -0.385. The molecule has 2 aromatic carbocycles. The molecule has 0 aliphatic carbocycles. The van der Waals surface area contributed by atoms with Crippen molar-refractivity contribution in [3.8, 4) is 11.8 Å². The fourth-order valence-electron chi connectivity index (χ4n) is 2.20. The zero-order valence-electron chi connectivity index (χ0n) is 15.7. The molecule has 0 aliphatic heterocycles. The number of non-ortho nitro benzene ring substituents is 1. The van der Waals surface area contributed by atoms with E-state index < -0.39 is 15.0 Å². The molecule has 0 fully saturated rings. The third kappa shape index (κ3) is 5.69. The molecule has 3 rings (SSSR count). The van der Waals surface area contributed by atoms with E-state index in [0.717, 1.165) is 23.5 Å². The van der Waals surface area contributed by atoms with Crippen LogP contribution in [0.25, 0.3) is 10.2 Å². The molecule has 0 aliphatic rings. The van der Waals surface area contributed by atoms with Crippen molar-refractivity contribution >= 4 is 37.4 Å². The van der Waals surface area contributed by atoms with E-state index in [1.165, 1.54) is 25.1 Å². The van der Waals surface area contributed by atoms with Crippen LogP contribution >= 0.6 is 11.3 Å². The number of fused-ring (bicyclic) bond motifs is 1. The van der Waals surface area contributed by atoms with Crippen LogP contribution in [0.15, 0.2) is 41.3 Å². The number of rotatable bonds is 4. The minimum Gasteiger partial charge on any atom is -0.379 e. The number of thiazole rings is 1. The Balaban J connectivity index is 0.000000989. The van der Waals surface area contributed by atoms with Gasteiger partial charge in [0.05, 0.1) is 15.1 Å². The number of nitro benzene ring substituents is 1. The third-order valence-corrected chi connectivity index (χ3v) is 5.63. The second-order valence-corrected chi connectivity index (χ2v) is 7.55. The van der Waals surface area contributed by atoms with Gasteiger partial charge in [-0.15, -0.1) is 11.3 Å². The number of hydrogen-bond donors (Lipinski definition) is 2. The fraction of sp³-hybridized carbons (Fsp3) is 0.176. The average molecular weight is 438 g/mol. The van der Waals surface area contributed by atoms with Crippen molar-refractivity contribution in [1.29, 1.82) is 5.26 Å². The van der Waals surface area contributed by atoms with Gasteiger partial charge in [0.15, 0.2) is 5.01 Å². The molecule has 10 nitrogen and oxygen atoms in total. The van der Waals surface area contributed by atoms with E-state index in [2.05, 4.69) is 10.9 Å². The molecule has 0 spiro atoms. The summed E-state index contributed by atoms with van der Waals surface area (Å²) in [5.41, 5.74) is 0.573. The van der Waals surface area contributed by atoms with Crippen LogP contribution in [0.2, 0.25) is 0 Å². The summed E-state index contributed by atoms with van der Waals surface area (Å²) in [6.45, 7) is 5.45. The molecular weight excluding hydrogens is 420 g/mol. The number of nitrogens with two attached hydrogens (primary N) is 1. The SMILES string of the molecule is CC.Cc1cc([N+](=O)[O-])ccc1S(=O)(=O)Oc1ccc2nc(C#N)sc2c1.NO. The average Bonchev–Trinajstić information content (AvgIpc) is 3.13. The van der Waals surface area contributed by atoms with Gasteiger partial charge in [0, 0.05) is 18.2 Å². The largest absolute Gasteiger partial charge is 0.379 e. The molecule has 3 N–H and O–H groups in total. The molecule has 0 saturated heterocycles. The molecule has 0 unspecified atom stereocenters. The lowest BCUT2D eigenvalue weighted by Gasteiger charge is -2.09. The number of nitrogens with zero attached hydrogens (tertiary/aromatic N) is 3. The fourth-order valence-corrected chi connectivity index (χ4v) is 4.13. The van der Waals surface area contributed by atoms with Gasteiger partial charge in [-0.2, -0.15) is 13.7 Å². The zero-order valence-corrected chi connectivity index (χ0v) is 17.3. The van der Waals surface area contributed by atoms with Crippen molar-refractivity contribution in [2.24, 2.45) is 5.90 Å². The van der Waals surface area contributed by atoms with Gasteiger partial charge < -0.3 is 9.39 Å². The lowest BCUT2D eigenvalue weighted by Crippen LogP contribution is -2.11. The van der Waals surface area contributed by atoms with Crippen LogP contribution in [-0.2, 0) is 10.1 Å². The van der Waals surface area contributed by atoms with Crippen molar-refractivity contribution in [2.75, 3.05) is 0 Å². The van der Waals surface area contributed by atoms with Gasteiger partial charge in [-0.1, -0.05) is 13.8 Å². The van der Waals surface area contributed by atoms with E-state index >= 15 is 0 Å². The maximum atomic E-state index is 12.4. The van der Waals surface area contributed by atoms with E-state index in [1.807, 2.05) is 19.9 Å². The van der Waals surface area contributed by atoms with Gasteiger partial charge in [0.25, 0.3) is 5.69 Å². The van der Waals surface area contributed by atoms with Gasteiger partial charge in [0.2, 0.25) is 0 Å². The topological polar surface area (TPSA) is 169 Å². The van der Waals surface area contributed by atoms with Crippen LogP contribution in [0.4, 0.5) is 5.69 Å². The molecule has 12 heteroatoms. The molecular formula is C17H18N4O6S2. The van der Waals surface area contributed by atoms with E-state index in [0.29, 0.717) is 10.2 Å². The van der Waals surface area contributed by atoms with Crippen molar-refractivity contribution in [3.63, 3.8) is 0 Å². The van der Waals surface area contributed by atoms with Gasteiger partial charge in [-0.25, -0.2) is 10.9 Å². The van der Waals surface area contributed by atoms with Gasteiger partial charge in [0.1, 0.15) is 16.7 Å². The van der Waals surface area contributed by atoms with Crippen LogP contribution in [-0.4, -0.2) is 23.5 Å². The van der Waals surface area contributed by atoms with Crippen LogP contribution in [0.1, 0.15) is 24.4 Å². The minimum atomic E-state index is -4.16. The maximum Gasteiger partial charge on any atom is 0.339 e. The molecule has 3 aromatic rings. The molecule has 154 valence electrons. The van der Waals surface area contributed by atoms with Crippen molar-refractivity contribution in [1.82, 2.24) is 4.98 Å². The summed E-state index contributed by atoms with van der Waals surface area (Å²) in [6.07, 6.45) is 0. The van der Waals surface area contributed by atoms with Crippen LogP contribution in [0.5, 0.6) is 5.75 Å². The first-order valence-corrected chi connectivity index (χ1v) is 10.3. The number of nitro groups is 1. The summed E-state index contributed by atoms with van der Waals surface area (Å²) in [5, 5.41) is 26.4. The van der Waals surface area contributed by atoms with Gasteiger partial charge in [-0.3, -0.25) is 10.1 Å². The Bertz CT molecular complexity index is 1150. The number of benzene rings is 2. The van der Waals surface area contributed by atoms with Crippen molar-refractivity contribution < 1.29 is 22.7 Å². The summed E-state index contributed by atoms with van der Waals surface area (Å²) < 4.78 is 30.6. The highest BCUT2D eigenvalue weighted by Crippen LogP contribution is 2.29.